The van der Waals surface area contributed by atoms with Crippen LogP contribution >= 0.6 is 0 Å². The Kier molecular flexibility index (Phi) is 4.55. The van der Waals surface area contributed by atoms with Crippen molar-refractivity contribution in [2.24, 2.45) is 0 Å². The van der Waals surface area contributed by atoms with Crippen LogP contribution in [0, 0.1) is 0 Å². The van der Waals surface area contributed by atoms with Crippen LogP contribution < -0.4 is 5.32 Å². The lowest BCUT2D eigenvalue weighted by Crippen LogP contribution is -2.37. The number of aromatic nitrogens is 2. The van der Waals surface area contributed by atoms with Crippen molar-refractivity contribution in [3.8, 4) is 0 Å². The van der Waals surface area contributed by atoms with E-state index in [1.54, 1.807) is 6.20 Å². The van der Waals surface area contributed by atoms with Gasteiger partial charge in [0.1, 0.15) is 5.82 Å². The van der Waals surface area contributed by atoms with Gasteiger partial charge >= 0.3 is 0 Å². The van der Waals surface area contributed by atoms with E-state index in [0.717, 1.165) is 31.5 Å². The van der Waals surface area contributed by atoms with Crippen LogP contribution in [0.15, 0.2) is 12.3 Å². The molecule has 6 nitrogen and oxygen atoms in total. The molecule has 0 aromatic carbocycles. The molecule has 0 aliphatic heterocycles. The van der Waals surface area contributed by atoms with Crippen LogP contribution in [0.3, 0.4) is 0 Å². The first-order valence-corrected chi connectivity index (χ1v) is 7.96. The average Bonchev–Trinajstić information content (AvgIpc) is 2.97. The fourth-order valence-corrected chi connectivity index (χ4v) is 3.18. The maximum atomic E-state index is 12.2. The van der Waals surface area contributed by atoms with Crippen molar-refractivity contribution in [1.29, 1.82) is 0 Å². The summed E-state index contributed by atoms with van der Waals surface area (Å²) in [5, 5.41) is 16.4. The van der Waals surface area contributed by atoms with Crippen molar-refractivity contribution in [2.45, 2.75) is 50.6 Å². The Morgan fingerprint density at radius 2 is 2.14 bits per heavy atom. The minimum Gasteiger partial charge on any atom is -0.395 e. The molecule has 2 saturated carbocycles. The van der Waals surface area contributed by atoms with Crippen molar-refractivity contribution in [2.75, 3.05) is 25.0 Å². The molecule has 1 heterocycles. The lowest BCUT2D eigenvalue weighted by molar-refractivity contribution is -0.117. The van der Waals surface area contributed by atoms with Gasteiger partial charge in [0.2, 0.25) is 5.91 Å². The summed E-state index contributed by atoms with van der Waals surface area (Å²) in [7, 11) is 0. The zero-order valence-corrected chi connectivity index (χ0v) is 12.4. The number of amides is 1. The first-order valence-electron chi connectivity index (χ1n) is 7.96. The number of carbonyl (C=O) groups is 1. The summed E-state index contributed by atoms with van der Waals surface area (Å²) in [6, 6.07) is 2.76. The summed E-state index contributed by atoms with van der Waals surface area (Å²) in [4.78, 5) is 14.3. The number of anilines is 1. The van der Waals surface area contributed by atoms with E-state index in [0.29, 0.717) is 25.2 Å². The zero-order valence-electron chi connectivity index (χ0n) is 12.4. The van der Waals surface area contributed by atoms with Gasteiger partial charge in [0.15, 0.2) is 0 Å². The van der Waals surface area contributed by atoms with Gasteiger partial charge in [0, 0.05) is 18.7 Å². The Bertz CT molecular complexity index is 478. The van der Waals surface area contributed by atoms with Gasteiger partial charge in [-0.2, -0.15) is 5.10 Å². The molecular weight excluding hydrogens is 268 g/mol. The van der Waals surface area contributed by atoms with E-state index in [1.807, 2.05) is 10.7 Å². The number of hydrogen-bond donors (Lipinski definition) is 2. The molecule has 0 radical (unpaired) electrons. The van der Waals surface area contributed by atoms with Crippen LogP contribution in [0.4, 0.5) is 5.82 Å². The van der Waals surface area contributed by atoms with E-state index in [1.165, 1.54) is 12.8 Å². The number of nitrogens with one attached hydrogen (secondary N) is 1. The molecule has 2 N–H and O–H groups in total. The van der Waals surface area contributed by atoms with Gasteiger partial charge in [-0.15, -0.1) is 0 Å². The second-order valence-electron chi connectivity index (χ2n) is 6.07. The van der Waals surface area contributed by atoms with Crippen LogP contribution in [-0.4, -0.2) is 51.4 Å². The van der Waals surface area contributed by atoms with Gasteiger partial charge in [0.25, 0.3) is 0 Å². The predicted molar refractivity (Wildman–Crippen MR) is 80.0 cm³/mol. The van der Waals surface area contributed by atoms with Gasteiger partial charge in [-0.25, -0.2) is 4.68 Å². The number of hydrogen-bond acceptors (Lipinski definition) is 4. The fourth-order valence-electron chi connectivity index (χ4n) is 3.18. The molecule has 21 heavy (non-hydrogen) atoms. The van der Waals surface area contributed by atoms with E-state index in [2.05, 4.69) is 15.3 Å². The van der Waals surface area contributed by atoms with Crippen molar-refractivity contribution in [3.05, 3.63) is 12.3 Å². The second kappa shape index (κ2) is 6.58. The minimum atomic E-state index is -0.0184. The molecule has 2 aliphatic rings. The normalized spacial score (nSPS) is 19.3. The molecule has 1 aromatic heterocycles. The standard InChI is InChI=1S/C15H24N4O2/c20-10-9-18(12-5-6-12)11-15(21)17-14-7-8-16-19(14)13-3-1-2-4-13/h7-8,12-13,20H,1-6,9-11H2,(H,17,21). The number of aliphatic hydroxyl groups is 1. The quantitative estimate of drug-likeness (QED) is 0.797. The Morgan fingerprint density at radius 3 is 2.81 bits per heavy atom. The molecule has 1 amide bonds. The predicted octanol–water partition coefficient (Wildman–Crippen LogP) is 1.39. The van der Waals surface area contributed by atoms with Crippen molar-refractivity contribution < 1.29 is 9.90 Å². The highest BCUT2D eigenvalue weighted by atomic mass is 16.3. The summed E-state index contributed by atoms with van der Waals surface area (Å²) in [5.41, 5.74) is 0. The molecule has 2 aliphatic carbocycles. The van der Waals surface area contributed by atoms with Crippen LogP contribution in [0.2, 0.25) is 0 Å². The van der Waals surface area contributed by atoms with Gasteiger partial charge in [0.05, 0.1) is 25.4 Å². The number of rotatable bonds is 7. The third-order valence-electron chi connectivity index (χ3n) is 4.41. The van der Waals surface area contributed by atoms with Gasteiger partial charge in [-0.1, -0.05) is 12.8 Å². The van der Waals surface area contributed by atoms with Crippen molar-refractivity contribution in [3.63, 3.8) is 0 Å². The highest BCUT2D eigenvalue weighted by Gasteiger charge is 2.30. The zero-order chi connectivity index (χ0) is 14.7. The third kappa shape index (κ3) is 3.63. The molecule has 1 aromatic rings. The average molecular weight is 292 g/mol. The van der Waals surface area contributed by atoms with E-state index >= 15 is 0 Å². The van der Waals surface area contributed by atoms with Crippen molar-refractivity contribution >= 4 is 11.7 Å². The number of aliphatic hydroxyl groups excluding tert-OH is 1. The second-order valence-corrected chi connectivity index (χ2v) is 6.07. The first kappa shape index (κ1) is 14.5. The minimum absolute atomic E-state index is 0.0184. The highest BCUT2D eigenvalue weighted by Crippen LogP contribution is 2.31. The van der Waals surface area contributed by atoms with E-state index in [4.69, 9.17) is 5.11 Å². The Morgan fingerprint density at radius 1 is 1.38 bits per heavy atom. The molecule has 0 atom stereocenters. The van der Waals surface area contributed by atoms with Crippen LogP contribution in [0.5, 0.6) is 0 Å². The molecular formula is C15H24N4O2. The Hall–Kier alpha value is -1.40. The van der Waals surface area contributed by atoms with E-state index in [-0.39, 0.29) is 12.5 Å². The summed E-state index contributed by atoms with van der Waals surface area (Å²) >= 11 is 0. The van der Waals surface area contributed by atoms with E-state index < -0.39 is 0 Å². The topological polar surface area (TPSA) is 70.4 Å². The lowest BCUT2D eigenvalue weighted by atomic mass is 10.2. The molecule has 0 unspecified atom stereocenters. The highest BCUT2D eigenvalue weighted by molar-refractivity contribution is 5.91. The van der Waals surface area contributed by atoms with Gasteiger partial charge in [-0.3, -0.25) is 9.69 Å². The summed E-state index contributed by atoms with van der Waals surface area (Å²) in [6.45, 7) is 1.02. The Labute approximate surface area is 125 Å². The fraction of sp³-hybridized carbons (Fsp3) is 0.733. The summed E-state index contributed by atoms with van der Waals surface area (Å²) < 4.78 is 1.96. The summed E-state index contributed by atoms with van der Waals surface area (Å²) in [5.74, 6) is 0.779. The SMILES string of the molecule is O=C(CN(CCO)C1CC1)Nc1ccnn1C1CCCC1. The molecule has 116 valence electrons. The molecule has 6 heteroatoms. The molecule has 0 saturated heterocycles. The van der Waals surface area contributed by atoms with Crippen molar-refractivity contribution in [1.82, 2.24) is 14.7 Å². The van der Waals surface area contributed by atoms with Crippen LogP contribution in [-0.2, 0) is 4.79 Å². The molecule has 0 spiro atoms. The maximum absolute atomic E-state index is 12.2. The van der Waals surface area contributed by atoms with Gasteiger partial charge in [-0.05, 0) is 25.7 Å². The van der Waals surface area contributed by atoms with Crippen LogP contribution in [0.25, 0.3) is 0 Å². The molecule has 3 rings (SSSR count). The molecule has 2 fully saturated rings. The Balaban J connectivity index is 1.58. The van der Waals surface area contributed by atoms with E-state index in [9.17, 15) is 4.79 Å². The summed E-state index contributed by atoms with van der Waals surface area (Å²) in [6.07, 6.45) is 8.78. The number of nitrogens with zero attached hydrogens (tertiary/aromatic N) is 3. The van der Waals surface area contributed by atoms with Gasteiger partial charge < -0.3 is 10.4 Å². The first-order chi connectivity index (χ1) is 10.3. The maximum Gasteiger partial charge on any atom is 0.239 e. The van der Waals surface area contributed by atoms with Crippen LogP contribution in [0.1, 0.15) is 44.6 Å². The molecule has 0 bridgehead atoms. The monoisotopic (exact) mass is 292 g/mol. The third-order valence-corrected chi connectivity index (χ3v) is 4.41. The number of carbonyl (C=O) groups excluding carboxylic acids is 1. The smallest absolute Gasteiger partial charge is 0.239 e. The largest absolute Gasteiger partial charge is 0.395 e. The lowest BCUT2D eigenvalue weighted by Gasteiger charge is -2.20.